The van der Waals surface area contributed by atoms with Gasteiger partial charge in [0.15, 0.2) is 0 Å². The maximum absolute atomic E-state index is 12.9. The number of para-hydroxylation sites is 1. The van der Waals surface area contributed by atoms with Crippen LogP contribution in [0, 0.1) is 13.8 Å². The van der Waals surface area contributed by atoms with E-state index in [9.17, 15) is 13.2 Å². The fraction of sp³-hybridized carbons (Fsp3) is 0.350. The van der Waals surface area contributed by atoms with Gasteiger partial charge in [-0.15, -0.1) is 0 Å². The van der Waals surface area contributed by atoms with E-state index in [1.165, 1.54) is 29.6 Å². The van der Waals surface area contributed by atoms with Gasteiger partial charge in [-0.05, 0) is 43.2 Å². The molecule has 0 bridgehead atoms. The summed E-state index contributed by atoms with van der Waals surface area (Å²) in [4.78, 5) is 13.0. The first-order valence-corrected chi connectivity index (χ1v) is 10.3. The van der Waals surface area contributed by atoms with Gasteiger partial charge in [0, 0.05) is 18.8 Å². The van der Waals surface area contributed by atoms with E-state index in [0.717, 1.165) is 11.1 Å². The van der Waals surface area contributed by atoms with Crippen molar-refractivity contribution in [3.8, 4) is 5.75 Å². The van der Waals surface area contributed by atoms with E-state index in [0.29, 0.717) is 24.5 Å². The van der Waals surface area contributed by atoms with Crippen LogP contribution >= 0.6 is 0 Å². The monoisotopic (exact) mass is 390 g/mol. The molecule has 0 radical (unpaired) electrons. The minimum absolute atomic E-state index is 0.0682. The third-order valence-corrected chi connectivity index (χ3v) is 6.52. The Morgan fingerprint density at radius 2 is 1.67 bits per heavy atom. The van der Waals surface area contributed by atoms with Crippen molar-refractivity contribution in [1.29, 1.82) is 0 Å². The molecule has 0 aromatic heterocycles. The van der Waals surface area contributed by atoms with Gasteiger partial charge in [0.1, 0.15) is 5.75 Å². The molecule has 0 unspecified atom stereocenters. The zero-order valence-corrected chi connectivity index (χ0v) is 17.2. The zero-order chi connectivity index (χ0) is 20.2. The summed E-state index contributed by atoms with van der Waals surface area (Å²) < 4.78 is 32.2. The van der Waals surface area contributed by atoms with Crippen molar-refractivity contribution in [2.45, 2.75) is 32.6 Å². The molecule has 0 atom stereocenters. The highest BCUT2D eigenvalue weighted by molar-refractivity contribution is 7.89. The Labute approximate surface area is 161 Å². The van der Waals surface area contributed by atoms with Crippen LogP contribution in [0.25, 0.3) is 0 Å². The lowest BCUT2D eigenvalue weighted by Crippen LogP contribution is -2.30. The number of benzene rings is 2. The maximum atomic E-state index is 12.9. The van der Waals surface area contributed by atoms with Gasteiger partial charge in [0.05, 0.1) is 17.6 Å². The molecule has 2 rings (SSSR count). The number of carbonyl (C=O) groups excluding carboxylic acids is 1. The number of ether oxygens (including phenoxy) is 1. The van der Waals surface area contributed by atoms with Crippen LogP contribution < -0.4 is 10.1 Å². The normalized spacial score (nSPS) is 11.5. The molecule has 0 aliphatic rings. The van der Waals surface area contributed by atoms with E-state index in [1.807, 2.05) is 32.0 Å². The summed E-state index contributed by atoms with van der Waals surface area (Å²) in [6, 6.07) is 10.1. The second kappa shape index (κ2) is 8.54. The highest BCUT2D eigenvalue weighted by Gasteiger charge is 2.24. The van der Waals surface area contributed by atoms with Crippen molar-refractivity contribution >= 4 is 21.6 Å². The Morgan fingerprint density at radius 3 is 2.19 bits per heavy atom. The topological polar surface area (TPSA) is 75.7 Å². The first-order chi connectivity index (χ1) is 12.8. The van der Waals surface area contributed by atoms with Crippen molar-refractivity contribution in [3.63, 3.8) is 0 Å². The molecule has 146 valence electrons. The molecule has 1 N–H and O–H groups in total. The molecule has 2 aromatic rings. The van der Waals surface area contributed by atoms with Gasteiger partial charge in [-0.1, -0.05) is 32.0 Å². The minimum Gasteiger partial charge on any atom is -0.496 e. The van der Waals surface area contributed by atoms with E-state index in [2.05, 4.69) is 5.32 Å². The van der Waals surface area contributed by atoms with E-state index in [4.69, 9.17) is 4.74 Å². The van der Waals surface area contributed by atoms with Crippen molar-refractivity contribution < 1.29 is 17.9 Å². The standard InChI is InChI=1S/C20H26N2O4S/c1-6-22(7-2)27(24,25)16-11-12-18(26-5)17(13-16)20(23)21-19-14(3)9-8-10-15(19)4/h8-13H,6-7H2,1-5H3,(H,21,23). The van der Waals surface area contributed by atoms with Gasteiger partial charge in [0.2, 0.25) is 10.0 Å². The third kappa shape index (κ3) is 4.31. The summed E-state index contributed by atoms with van der Waals surface area (Å²) >= 11 is 0. The number of aryl methyl sites for hydroxylation is 2. The fourth-order valence-corrected chi connectivity index (χ4v) is 4.41. The quantitative estimate of drug-likeness (QED) is 0.784. The number of nitrogens with zero attached hydrogens (tertiary/aromatic N) is 1. The molecule has 0 spiro atoms. The molecule has 0 saturated heterocycles. The predicted octanol–water partition coefficient (Wildman–Crippen LogP) is 3.59. The maximum Gasteiger partial charge on any atom is 0.259 e. The summed E-state index contributed by atoms with van der Waals surface area (Å²) in [5, 5.41) is 2.88. The van der Waals surface area contributed by atoms with Crippen molar-refractivity contribution in [2.75, 3.05) is 25.5 Å². The Hall–Kier alpha value is -2.38. The van der Waals surface area contributed by atoms with Gasteiger partial charge in [0.25, 0.3) is 5.91 Å². The second-order valence-electron chi connectivity index (χ2n) is 6.17. The SMILES string of the molecule is CCN(CC)S(=O)(=O)c1ccc(OC)c(C(=O)Nc2c(C)cccc2C)c1. The minimum atomic E-state index is -3.67. The summed E-state index contributed by atoms with van der Waals surface area (Å²) in [7, 11) is -2.23. The second-order valence-corrected chi connectivity index (χ2v) is 8.11. The number of hydrogen-bond acceptors (Lipinski definition) is 4. The summed E-state index contributed by atoms with van der Waals surface area (Å²) in [5.41, 5.74) is 2.73. The van der Waals surface area contributed by atoms with Crippen molar-refractivity contribution in [1.82, 2.24) is 4.31 Å². The number of sulfonamides is 1. The molecule has 7 heteroatoms. The number of methoxy groups -OCH3 is 1. The molecule has 0 saturated carbocycles. The van der Waals surface area contributed by atoms with E-state index in [1.54, 1.807) is 13.8 Å². The molecule has 0 aliphatic heterocycles. The zero-order valence-electron chi connectivity index (χ0n) is 16.4. The summed E-state index contributed by atoms with van der Waals surface area (Å²) in [6.45, 7) is 8.07. The Bertz CT molecular complexity index is 915. The first kappa shape index (κ1) is 20.9. The van der Waals surface area contributed by atoms with Crippen LogP contribution in [-0.4, -0.2) is 38.8 Å². The molecule has 0 aliphatic carbocycles. The van der Waals surface area contributed by atoms with Gasteiger partial charge < -0.3 is 10.1 Å². The van der Waals surface area contributed by atoms with E-state index in [-0.39, 0.29) is 10.5 Å². The first-order valence-electron chi connectivity index (χ1n) is 8.82. The lowest BCUT2D eigenvalue weighted by Gasteiger charge is -2.19. The number of carbonyl (C=O) groups is 1. The van der Waals surface area contributed by atoms with Crippen LogP contribution in [0.15, 0.2) is 41.3 Å². The predicted molar refractivity (Wildman–Crippen MR) is 107 cm³/mol. The lowest BCUT2D eigenvalue weighted by atomic mass is 10.1. The van der Waals surface area contributed by atoms with E-state index >= 15 is 0 Å². The van der Waals surface area contributed by atoms with Crippen LogP contribution in [0.1, 0.15) is 35.3 Å². The average Bonchev–Trinajstić information content (AvgIpc) is 2.64. The van der Waals surface area contributed by atoms with Gasteiger partial charge >= 0.3 is 0 Å². The highest BCUT2D eigenvalue weighted by Crippen LogP contribution is 2.27. The van der Waals surface area contributed by atoms with Crippen molar-refractivity contribution in [2.24, 2.45) is 0 Å². The Kier molecular flexibility index (Phi) is 6.62. The lowest BCUT2D eigenvalue weighted by molar-refractivity contribution is 0.102. The molecule has 1 amide bonds. The number of rotatable bonds is 7. The molecule has 0 heterocycles. The molecule has 27 heavy (non-hydrogen) atoms. The summed E-state index contributed by atoms with van der Waals surface area (Å²) in [5.74, 6) is -0.0990. The van der Waals surface area contributed by atoms with Crippen LogP contribution in [-0.2, 0) is 10.0 Å². The Balaban J connectivity index is 2.48. The Morgan fingerprint density at radius 1 is 1.07 bits per heavy atom. The molecular weight excluding hydrogens is 364 g/mol. The molecule has 6 nitrogen and oxygen atoms in total. The largest absolute Gasteiger partial charge is 0.496 e. The smallest absolute Gasteiger partial charge is 0.259 e. The number of anilines is 1. The summed E-state index contributed by atoms with van der Waals surface area (Å²) in [6.07, 6.45) is 0. The molecule has 0 fully saturated rings. The molecular formula is C20H26N2O4S. The molecule has 2 aromatic carbocycles. The van der Waals surface area contributed by atoms with Crippen LogP contribution in [0.5, 0.6) is 5.75 Å². The van der Waals surface area contributed by atoms with Crippen LogP contribution in [0.2, 0.25) is 0 Å². The van der Waals surface area contributed by atoms with Crippen LogP contribution in [0.3, 0.4) is 0 Å². The van der Waals surface area contributed by atoms with Gasteiger partial charge in [-0.25, -0.2) is 8.42 Å². The number of amides is 1. The number of nitrogens with one attached hydrogen (secondary N) is 1. The third-order valence-electron chi connectivity index (χ3n) is 4.48. The van der Waals surface area contributed by atoms with Crippen LogP contribution in [0.4, 0.5) is 5.69 Å². The highest BCUT2D eigenvalue weighted by atomic mass is 32.2. The van der Waals surface area contributed by atoms with Crippen molar-refractivity contribution in [3.05, 3.63) is 53.1 Å². The average molecular weight is 391 g/mol. The fourth-order valence-electron chi connectivity index (χ4n) is 2.93. The van der Waals surface area contributed by atoms with E-state index < -0.39 is 15.9 Å². The number of hydrogen-bond donors (Lipinski definition) is 1. The van der Waals surface area contributed by atoms with Gasteiger partial charge in [-0.2, -0.15) is 4.31 Å². The van der Waals surface area contributed by atoms with Gasteiger partial charge in [-0.3, -0.25) is 4.79 Å².